The maximum absolute atomic E-state index is 14.2. The number of ether oxygens (including phenoxy) is 2. The third-order valence-corrected chi connectivity index (χ3v) is 8.28. The van der Waals surface area contributed by atoms with Gasteiger partial charge in [0.25, 0.3) is 0 Å². The van der Waals surface area contributed by atoms with Gasteiger partial charge in [-0.15, -0.1) is 0 Å². The minimum Gasteiger partial charge on any atom is -0.480 e. The van der Waals surface area contributed by atoms with Gasteiger partial charge in [0, 0.05) is 32.9 Å². The molecule has 2 aliphatic rings. The normalized spacial score (nSPS) is 23.5. The summed E-state index contributed by atoms with van der Waals surface area (Å²) in [6, 6.07) is -5.06. The van der Waals surface area contributed by atoms with Gasteiger partial charge in [0.1, 0.15) is 30.2 Å². The lowest BCUT2D eigenvalue weighted by Crippen LogP contribution is -2.59. The molecule has 7 atom stereocenters. The smallest absolute Gasteiger partial charge is 0.326 e. The van der Waals surface area contributed by atoms with Gasteiger partial charge in [-0.2, -0.15) is 0 Å². The van der Waals surface area contributed by atoms with Gasteiger partial charge >= 0.3 is 5.97 Å². The monoisotopic (exact) mass is 681 g/mol. The molecule has 0 bridgehead atoms. The van der Waals surface area contributed by atoms with Gasteiger partial charge in [-0.1, -0.05) is 34.6 Å². The summed E-state index contributed by atoms with van der Waals surface area (Å²) >= 11 is 0. The molecule has 5 amide bonds. The molecule has 0 saturated carbocycles. The van der Waals surface area contributed by atoms with Crippen molar-refractivity contribution in [1.29, 1.82) is 0 Å². The van der Waals surface area contributed by atoms with Crippen molar-refractivity contribution in [2.45, 2.75) is 156 Å². The zero-order valence-electron chi connectivity index (χ0n) is 30.8. The second-order valence-corrected chi connectivity index (χ2v) is 15.6. The van der Waals surface area contributed by atoms with E-state index in [1.54, 1.807) is 34.6 Å². The fraction of sp³-hybridized carbons (Fsp3) is 0.824. The maximum atomic E-state index is 14.2. The third kappa shape index (κ3) is 11.4. The molecular formula is C34H59N5O9. The number of carboxylic acid groups (broad SMARTS) is 1. The van der Waals surface area contributed by atoms with Crippen LogP contribution in [0.2, 0.25) is 0 Å². The van der Waals surface area contributed by atoms with Crippen molar-refractivity contribution in [3.05, 3.63) is 0 Å². The summed E-state index contributed by atoms with van der Waals surface area (Å²) in [6.07, 6.45) is -0.475. The molecule has 0 spiro atoms. The van der Waals surface area contributed by atoms with Crippen LogP contribution in [0.1, 0.15) is 102 Å². The summed E-state index contributed by atoms with van der Waals surface area (Å²) in [5, 5.41) is 17.6. The second kappa shape index (κ2) is 16.4. The zero-order chi connectivity index (χ0) is 36.9. The Morgan fingerprint density at radius 3 is 1.40 bits per heavy atom. The second-order valence-electron chi connectivity index (χ2n) is 15.6. The molecule has 2 fully saturated rings. The minimum atomic E-state index is -1.18. The summed E-state index contributed by atoms with van der Waals surface area (Å²) in [5.74, 6) is -4.33. The first-order valence-electron chi connectivity index (χ1n) is 17.0. The Hall–Kier alpha value is -3.26. The molecule has 14 heteroatoms. The van der Waals surface area contributed by atoms with Crippen molar-refractivity contribution in [3.8, 4) is 0 Å². The van der Waals surface area contributed by atoms with Crippen molar-refractivity contribution >= 4 is 35.5 Å². The molecule has 2 rings (SSSR count). The van der Waals surface area contributed by atoms with Crippen LogP contribution in [0.25, 0.3) is 0 Å². The number of amides is 5. The summed E-state index contributed by atoms with van der Waals surface area (Å²) < 4.78 is 12.3. The summed E-state index contributed by atoms with van der Waals surface area (Å²) in [4.78, 5) is 82.0. The first-order valence-corrected chi connectivity index (χ1v) is 17.0. The van der Waals surface area contributed by atoms with E-state index in [0.29, 0.717) is 0 Å². The molecule has 4 N–H and O–H groups in total. The number of hydrogen-bond donors (Lipinski definition) is 4. The van der Waals surface area contributed by atoms with Gasteiger partial charge < -0.3 is 40.3 Å². The SMILES string of the molecule is CC[C@H](NC(=O)[C@@H]1C[C@@H](OC(C)(C)C)CN1C(=O)[C@@H](NC(=O)[C@@H]1C[C@@H](OC(C)(C)C)CN1C(=O)[C@@H](NC(C)=O)C(C)C)C(C)C)C(=O)O. The van der Waals surface area contributed by atoms with Crippen LogP contribution in [0.3, 0.4) is 0 Å². The molecule has 0 aliphatic carbocycles. The fourth-order valence-electron chi connectivity index (χ4n) is 6.21. The van der Waals surface area contributed by atoms with Gasteiger partial charge in [0.15, 0.2) is 0 Å². The summed E-state index contributed by atoms with van der Waals surface area (Å²) in [7, 11) is 0. The van der Waals surface area contributed by atoms with Crippen LogP contribution in [0.4, 0.5) is 0 Å². The van der Waals surface area contributed by atoms with E-state index in [-0.39, 0.29) is 44.2 Å². The van der Waals surface area contributed by atoms with E-state index in [0.717, 1.165) is 0 Å². The molecule has 2 aliphatic heterocycles. The molecule has 0 aromatic carbocycles. The standard InChI is InChI=1S/C34H59N5O9/c1-13-23(32(45)46)36-28(41)24-14-21(47-33(7,8)9)16-38(24)31(44)27(19(4)5)37-29(42)25-15-22(48-34(10,11)12)17-39(25)30(43)26(18(2)3)35-20(6)40/h18-19,21-27H,13-17H2,1-12H3,(H,35,40)(H,36,41)(H,37,42)(H,45,46)/t21-,22-,23+,24+,25+,26+,27+/m1/s1. The average Bonchev–Trinajstić information content (AvgIpc) is 3.54. The Morgan fingerprint density at radius 1 is 0.708 bits per heavy atom. The Bertz CT molecular complexity index is 1190. The molecular weight excluding hydrogens is 622 g/mol. The Balaban J connectivity index is 2.42. The van der Waals surface area contributed by atoms with Gasteiger partial charge in [0.05, 0.1) is 23.4 Å². The first-order chi connectivity index (χ1) is 21.9. The van der Waals surface area contributed by atoms with E-state index >= 15 is 0 Å². The molecule has 0 radical (unpaired) electrons. The molecule has 274 valence electrons. The third-order valence-electron chi connectivity index (χ3n) is 8.28. The van der Waals surface area contributed by atoms with Crippen LogP contribution in [-0.2, 0) is 38.2 Å². The van der Waals surface area contributed by atoms with E-state index in [4.69, 9.17) is 9.47 Å². The molecule has 0 unspecified atom stereocenters. The summed E-state index contributed by atoms with van der Waals surface area (Å²) in [5.41, 5.74) is -1.12. The van der Waals surface area contributed by atoms with E-state index in [1.807, 2.05) is 41.5 Å². The number of carbonyl (C=O) groups excluding carboxylic acids is 5. The largest absolute Gasteiger partial charge is 0.480 e. The summed E-state index contributed by atoms with van der Waals surface area (Å²) in [6.45, 7) is 21.5. The number of hydrogen-bond acceptors (Lipinski definition) is 8. The highest BCUT2D eigenvalue weighted by Gasteiger charge is 2.47. The lowest BCUT2D eigenvalue weighted by atomic mass is 10.00. The molecule has 0 aromatic heterocycles. The lowest BCUT2D eigenvalue weighted by molar-refractivity contribution is -0.146. The molecule has 2 saturated heterocycles. The van der Waals surface area contributed by atoms with E-state index in [2.05, 4.69) is 16.0 Å². The van der Waals surface area contributed by atoms with Crippen molar-refractivity contribution in [1.82, 2.24) is 25.8 Å². The fourth-order valence-corrected chi connectivity index (χ4v) is 6.21. The van der Waals surface area contributed by atoms with Crippen LogP contribution < -0.4 is 16.0 Å². The number of nitrogens with one attached hydrogen (secondary N) is 3. The van der Waals surface area contributed by atoms with Crippen LogP contribution in [0, 0.1) is 11.8 Å². The highest BCUT2D eigenvalue weighted by atomic mass is 16.5. The predicted molar refractivity (Wildman–Crippen MR) is 179 cm³/mol. The average molecular weight is 682 g/mol. The van der Waals surface area contributed by atoms with Gasteiger partial charge in [-0.3, -0.25) is 24.0 Å². The Kier molecular flexibility index (Phi) is 14.0. The first kappa shape index (κ1) is 40.9. The highest BCUT2D eigenvalue weighted by Crippen LogP contribution is 2.29. The van der Waals surface area contributed by atoms with Crippen molar-refractivity contribution in [2.24, 2.45) is 11.8 Å². The lowest BCUT2D eigenvalue weighted by Gasteiger charge is -2.33. The van der Waals surface area contributed by atoms with E-state index in [1.165, 1.54) is 16.7 Å². The van der Waals surface area contributed by atoms with Crippen LogP contribution in [-0.4, -0.2) is 117 Å². The molecule has 14 nitrogen and oxygen atoms in total. The van der Waals surface area contributed by atoms with Crippen molar-refractivity contribution < 1.29 is 43.3 Å². The number of carbonyl (C=O) groups is 6. The van der Waals surface area contributed by atoms with Crippen LogP contribution in [0.5, 0.6) is 0 Å². The van der Waals surface area contributed by atoms with Gasteiger partial charge in [-0.25, -0.2) is 4.79 Å². The number of rotatable bonds is 13. The van der Waals surface area contributed by atoms with Gasteiger partial charge in [0.2, 0.25) is 29.5 Å². The number of nitrogens with zero attached hydrogens (tertiary/aromatic N) is 2. The molecule has 48 heavy (non-hydrogen) atoms. The predicted octanol–water partition coefficient (Wildman–Crippen LogP) is 1.84. The van der Waals surface area contributed by atoms with Gasteiger partial charge in [-0.05, 0) is 59.8 Å². The van der Waals surface area contributed by atoms with Crippen molar-refractivity contribution in [2.75, 3.05) is 13.1 Å². The highest BCUT2D eigenvalue weighted by molar-refractivity contribution is 5.96. The van der Waals surface area contributed by atoms with Crippen LogP contribution >= 0.6 is 0 Å². The topological polar surface area (TPSA) is 184 Å². The number of aliphatic carboxylic acids is 1. The zero-order valence-corrected chi connectivity index (χ0v) is 30.8. The molecule has 0 aromatic rings. The van der Waals surface area contributed by atoms with Crippen LogP contribution in [0.15, 0.2) is 0 Å². The Morgan fingerprint density at radius 2 is 1.08 bits per heavy atom. The number of carboxylic acids is 1. The quantitative estimate of drug-likeness (QED) is 0.225. The van der Waals surface area contributed by atoms with Crippen molar-refractivity contribution in [3.63, 3.8) is 0 Å². The number of likely N-dealkylation sites (tertiary alicyclic amines) is 2. The van der Waals surface area contributed by atoms with E-state index < -0.39 is 89.1 Å². The minimum absolute atomic E-state index is 0.0689. The molecule has 2 heterocycles. The Labute approximate surface area is 285 Å². The maximum Gasteiger partial charge on any atom is 0.326 e. The van der Waals surface area contributed by atoms with E-state index in [9.17, 15) is 33.9 Å².